The van der Waals surface area contributed by atoms with Gasteiger partial charge in [-0.25, -0.2) is 0 Å². The average Bonchev–Trinajstić information content (AvgIpc) is 3.24. The fourth-order valence-corrected chi connectivity index (χ4v) is 4.93. The van der Waals surface area contributed by atoms with Crippen LogP contribution in [0.1, 0.15) is 48.9 Å². The minimum atomic E-state index is -0.871. The minimum Gasteiger partial charge on any atom is -0.507 e. The Hall–Kier alpha value is -4.53. The monoisotopic (exact) mass is 544 g/mol. The van der Waals surface area contributed by atoms with Gasteiger partial charge >= 0.3 is 0 Å². The largest absolute Gasteiger partial charge is 0.507 e. The Balaban J connectivity index is 1.58. The highest BCUT2D eigenvalue weighted by atomic mass is 16.6. The highest BCUT2D eigenvalue weighted by molar-refractivity contribution is 6.46. The summed E-state index contributed by atoms with van der Waals surface area (Å²) in [7, 11) is 1.54. The van der Waals surface area contributed by atoms with Crippen LogP contribution in [-0.4, -0.2) is 53.6 Å². The van der Waals surface area contributed by atoms with Gasteiger partial charge in [-0.2, -0.15) is 0 Å². The molecule has 2 aliphatic rings. The second kappa shape index (κ2) is 12.1. The topological polar surface area (TPSA) is 107 Å². The number of likely N-dealkylation sites (tertiary alicyclic amines) is 1. The molecule has 0 spiro atoms. The maximum Gasteiger partial charge on any atom is 0.295 e. The zero-order valence-corrected chi connectivity index (χ0v) is 22.6. The molecule has 0 unspecified atom stereocenters. The molecule has 1 amide bonds. The summed E-state index contributed by atoms with van der Waals surface area (Å²) in [6, 6.07) is 13.0. The third kappa shape index (κ3) is 5.45. The molecule has 9 heteroatoms. The molecule has 0 saturated carbocycles. The van der Waals surface area contributed by atoms with E-state index >= 15 is 0 Å². The zero-order chi connectivity index (χ0) is 28.1. The van der Waals surface area contributed by atoms with Crippen molar-refractivity contribution in [1.29, 1.82) is 0 Å². The molecule has 0 aliphatic carbocycles. The van der Waals surface area contributed by atoms with E-state index in [1.807, 2.05) is 0 Å². The van der Waals surface area contributed by atoms with Crippen LogP contribution < -0.4 is 18.9 Å². The number of benzene rings is 2. The predicted molar refractivity (Wildman–Crippen MR) is 148 cm³/mol. The number of hydrogen-bond donors (Lipinski definition) is 1. The second-order valence-electron chi connectivity index (χ2n) is 9.61. The molecule has 1 N–H and O–H groups in total. The quantitative estimate of drug-likeness (QED) is 0.164. The van der Waals surface area contributed by atoms with Crippen molar-refractivity contribution in [3.05, 3.63) is 83.2 Å². The van der Waals surface area contributed by atoms with Crippen LogP contribution in [-0.2, 0) is 16.1 Å². The number of hydrogen-bond acceptors (Lipinski definition) is 8. The highest BCUT2D eigenvalue weighted by Gasteiger charge is 2.46. The van der Waals surface area contributed by atoms with Gasteiger partial charge in [-0.1, -0.05) is 25.8 Å². The minimum absolute atomic E-state index is 0.0191. The molecule has 2 aliphatic heterocycles. The van der Waals surface area contributed by atoms with Gasteiger partial charge in [0.2, 0.25) is 0 Å². The molecule has 1 atom stereocenters. The Kier molecular flexibility index (Phi) is 8.19. The molecule has 1 fully saturated rings. The normalized spacial score (nSPS) is 17.6. The molecule has 1 saturated heterocycles. The summed E-state index contributed by atoms with van der Waals surface area (Å²) in [5.41, 5.74) is 1.72. The molecule has 208 valence electrons. The van der Waals surface area contributed by atoms with Crippen molar-refractivity contribution >= 4 is 17.4 Å². The second-order valence-corrected chi connectivity index (χ2v) is 9.61. The van der Waals surface area contributed by atoms with Gasteiger partial charge in [0.1, 0.15) is 19.0 Å². The van der Waals surface area contributed by atoms with Crippen LogP contribution in [0.5, 0.6) is 23.0 Å². The standard InChI is InChI=1S/C31H32N2O7/c1-3-4-5-14-38-23-8-6-21(17-25(23)37-2)28-27(29(34)22-7-9-24-26(18-22)40-16-15-39-24)30(35)31(36)33(28)19-20-10-12-32-13-11-20/h6-13,17-18,28,34H,3-5,14-16,19H2,1-2H3/t28-/m0/s1. The Morgan fingerprint density at radius 3 is 2.52 bits per heavy atom. The number of pyridine rings is 1. The van der Waals surface area contributed by atoms with Crippen LogP contribution in [0.25, 0.3) is 5.76 Å². The first-order valence-electron chi connectivity index (χ1n) is 13.4. The van der Waals surface area contributed by atoms with Crippen molar-refractivity contribution in [1.82, 2.24) is 9.88 Å². The van der Waals surface area contributed by atoms with Gasteiger partial charge in [-0.3, -0.25) is 14.6 Å². The van der Waals surface area contributed by atoms with Gasteiger partial charge < -0.3 is 29.0 Å². The highest BCUT2D eigenvalue weighted by Crippen LogP contribution is 2.43. The number of aliphatic hydroxyl groups excluding tert-OH is 1. The molecule has 9 nitrogen and oxygen atoms in total. The molecule has 2 aromatic carbocycles. The SMILES string of the molecule is CCCCCOc1ccc([C@H]2C(=C(O)c3ccc4c(c3)OCCO4)C(=O)C(=O)N2Cc2ccncc2)cc1OC. The number of Topliss-reactive ketones (excluding diaryl/α,β-unsaturated/α-hetero) is 1. The molecular weight excluding hydrogens is 512 g/mol. The van der Waals surface area contributed by atoms with Gasteiger partial charge in [0.25, 0.3) is 11.7 Å². The maximum absolute atomic E-state index is 13.5. The summed E-state index contributed by atoms with van der Waals surface area (Å²) in [5.74, 6) is 0.283. The number of aliphatic hydroxyl groups is 1. The van der Waals surface area contributed by atoms with E-state index in [2.05, 4.69) is 11.9 Å². The van der Waals surface area contributed by atoms with E-state index in [4.69, 9.17) is 18.9 Å². The molecular formula is C31H32N2O7. The average molecular weight is 545 g/mol. The first-order valence-corrected chi connectivity index (χ1v) is 13.4. The van der Waals surface area contributed by atoms with Gasteiger partial charge in [0.15, 0.2) is 23.0 Å². The number of rotatable bonds is 10. The summed E-state index contributed by atoms with van der Waals surface area (Å²) in [5, 5.41) is 11.5. The summed E-state index contributed by atoms with van der Waals surface area (Å²) in [6.45, 7) is 3.63. The third-order valence-corrected chi connectivity index (χ3v) is 6.97. The van der Waals surface area contributed by atoms with Gasteiger partial charge in [0, 0.05) is 24.5 Å². The van der Waals surface area contributed by atoms with Crippen LogP contribution in [0.4, 0.5) is 0 Å². The van der Waals surface area contributed by atoms with E-state index in [9.17, 15) is 14.7 Å². The lowest BCUT2D eigenvalue weighted by atomic mass is 9.94. The van der Waals surface area contributed by atoms with Crippen LogP contribution in [0, 0.1) is 0 Å². The molecule has 5 rings (SSSR count). The Labute approximate surface area is 233 Å². The number of aromatic nitrogens is 1. The Morgan fingerprint density at radius 1 is 1.00 bits per heavy atom. The molecule has 3 aromatic rings. The number of fused-ring (bicyclic) bond motifs is 1. The number of nitrogens with zero attached hydrogens (tertiary/aromatic N) is 2. The smallest absolute Gasteiger partial charge is 0.295 e. The van der Waals surface area contributed by atoms with Crippen LogP contribution >= 0.6 is 0 Å². The number of carbonyl (C=O) groups excluding carboxylic acids is 2. The first kappa shape index (κ1) is 27.1. The van der Waals surface area contributed by atoms with E-state index < -0.39 is 17.7 Å². The first-order chi connectivity index (χ1) is 19.5. The van der Waals surface area contributed by atoms with E-state index in [0.717, 1.165) is 24.8 Å². The summed E-state index contributed by atoms with van der Waals surface area (Å²) in [4.78, 5) is 32.4. The van der Waals surface area contributed by atoms with Gasteiger partial charge in [-0.05, 0) is 60.0 Å². The number of ketones is 1. The Bertz CT molecular complexity index is 1420. The molecule has 0 bridgehead atoms. The van der Waals surface area contributed by atoms with Crippen molar-refractivity contribution in [2.75, 3.05) is 26.9 Å². The predicted octanol–water partition coefficient (Wildman–Crippen LogP) is 5.05. The summed E-state index contributed by atoms with van der Waals surface area (Å²) in [6.07, 6.45) is 6.32. The van der Waals surface area contributed by atoms with E-state index in [-0.39, 0.29) is 17.9 Å². The molecule has 1 aromatic heterocycles. The fraction of sp³-hybridized carbons (Fsp3) is 0.323. The fourth-order valence-electron chi connectivity index (χ4n) is 4.93. The lowest BCUT2D eigenvalue weighted by Gasteiger charge is -2.26. The van der Waals surface area contributed by atoms with Crippen molar-refractivity contribution in [2.24, 2.45) is 0 Å². The number of ether oxygens (including phenoxy) is 4. The van der Waals surface area contributed by atoms with Crippen LogP contribution in [0.2, 0.25) is 0 Å². The van der Waals surface area contributed by atoms with Gasteiger partial charge in [-0.15, -0.1) is 0 Å². The zero-order valence-electron chi connectivity index (χ0n) is 22.6. The number of methoxy groups -OCH3 is 1. The summed E-state index contributed by atoms with van der Waals surface area (Å²) < 4.78 is 22.8. The Morgan fingerprint density at radius 2 is 1.77 bits per heavy atom. The summed E-state index contributed by atoms with van der Waals surface area (Å²) >= 11 is 0. The molecule has 3 heterocycles. The lowest BCUT2D eigenvalue weighted by Crippen LogP contribution is -2.29. The molecule has 40 heavy (non-hydrogen) atoms. The molecule has 0 radical (unpaired) electrons. The van der Waals surface area contributed by atoms with E-state index in [1.165, 1.54) is 4.90 Å². The number of carbonyl (C=O) groups is 2. The van der Waals surface area contributed by atoms with Crippen molar-refractivity contribution < 1.29 is 33.6 Å². The van der Waals surface area contributed by atoms with E-state index in [1.54, 1.807) is 68.0 Å². The number of amides is 1. The lowest BCUT2D eigenvalue weighted by molar-refractivity contribution is -0.140. The van der Waals surface area contributed by atoms with Crippen LogP contribution in [0.15, 0.2) is 66.5 Å². The van der Waals surface area contributed by atoms with E-state index in [0.29, 0.717) is 53.9 Å². The number of unbranched alkanes of at least 4 members (excludes halogenated alkanes) is 2. The van der Waals surface area contributed by atoms with Crippen LogP contribution in [0.3, 0.4) is 0 Å². The van der Waals surface area contributed by atoms with Crippen molar-refractivity contribution in [3.8, 4) is 23.0 Å². The van der Waals surface area contributed by atoms with Crippen molar-refractivity contribution in [3.63, 3.8) is 0 Å². The van der Waals surface area contributed by atoms with Crippen molar-refractivity contribution in [2.45, 2.75) is 38.8 Å². The third-order valence-electron chi connectivity index (χ3n) is 6.97. The van der Waals surface area contributed by atoms with Gasteiger partial charge in [0.05, 0.1) is 25.3 Å². The maximum atomic E-state index is 13.5.